The summed E-state index contributed by atoms with van der Waals surface area (Å²) in [6.07, 6.45) is 1.85. The molecular formula is C29H39N7O7S. The Morgan fingerprint density at radius 3 is 2.45 bits per heavy atom. The number of morpholine rings is 1. The van der Waals surface area contributed by atoms with Crippen LogP contribution in [0.15, 0.2) is 36.5 Å². The highest BCUT2D eigenvalue weighted by Gasteiger charge is 2.23. The van der Waals surface area contributed by atoms with Crippen molar-refractivity contribution in [2.75, 3.05) is 62.8 Å². The van der Waals surface area contributed by atoms with E-state index in [2.05, 4.69) is 30.6 Å². The number of ether oxygens (including phenoxy) is 3. The highest BCUT2D eigenvalue weighted by atomic mass is 32.2. The second kappa shape index (κ2) is 13.6. The lowest BCUT2D eigenvalue weighted by Crippen LogP contribution is -2.41. The van der Waals surface area contributed by atoms with Gasteiger partial charge in [0.2, 0.25) is 10.0 Å². The maximum atomic E-state index is 13.5. The minimum Gasteiger partial charge on any atom is -0.492 e. The summed E-state index contributed by atoms with van der Waals surface area (Å²) in [5.41, 5.74) is 2.57. The molecule has 2 heterocycles. The Morgan fingerprint density at radius 2 is 1.80 bits per heavy atom. The van der Waals surface area contributed by atoms with E-state index < -0.39 is 22.0 Å². The van der Waals surface area contributed by atoms with Crippen molar-refractivity contribution < 1.29 is 32.2 Å². The number of amides is 2. The van der Waals surface area contributed by atoms with Crippen LogP contribution in [-0.2, 0) is 20.2 Å². The topological polar surface area (TPSA) is 166 Å². The molecule has 0 atom stereocenters. The van der Waals surface area contributed by atoms with Gasteiger partial charge in [0, 0.05) is 31.7 Å². The number of methoxy groups -OCH3 is 1. The summed E-state index contributed by atoms with van der Waals surface area (Å²) in [7, 11) is -2.23. The first kappa shape index (κ1) is 32.7. The van der Waals surface area contributed by atoms with Crippen LogP contribution in [0.3, 0.4) is 0 Å². The lowest BCUT2D eigenvalue weighted by molar-refractivity contribution is 0.0385. The van der Waals surface area contributed by atoms with E-state index in [4.69, 9.17) is 14.2 Å². The first-order chi connectivity index (χ1) is 20.7. The van der Waals surface area contributed by atoms with E-state index >= 15 is 0 Å². The lowest BCUT2D eigenvalue weighted by atomic mass is 9.86. The molecule has 1 aromatic heterocycles. The van der Waals surface area contributed by atoms with Gasteiger partial charge in [0.1, 0.15) is 0 Å². The molecule has 3 aromatic rings. The van der Waals surface area contributed by atoms with Crippen LogP contribution < -0.4 is 24.8 Å². The molecule has 15 heteroatoms. The largest absolute Gasteiger partial charge is 0.492 e. The van der Waals surface area contributed by atoms with Crippen molar-refractivity contribution in [2.24, 2.45) is 0 Å². The fourth-order valence-electron chi connectivity index (χ4n) is 4.53. The zero-order valence-electron chi connectivity index (χ0n) is 25.8. The molecule has 1 aliphatic rings. The second-order valence-corrected chi connectivity index (χ2v) is 13.2. The number of rotatable bonds is 10. The Bertz CT molecular complexity index is 1610. The Kier molecular flexibility index (Phi) is 10.1. The molecule has 1 fully saturated rings. The molecule has 4 rings (SSSR count). The van der Waals surface area contributed by atoms with E-state index in [1.54, 1.807) is 30.3 Å². The lowest BCUT2D eigenvalue weighted by Gasteiger charge is -2.26. The van der Waals surface area contributed by atoms with Gasteiger partial charge in [-0.3, -0.25) is 14.4 Å². The minimum atomic E-state index is -3.63. The number of hydrogen-bond acceptors (Lipinski definition) is 10. The standard InChI is InChI=1S/C29H39N7O7S/c1-19-7-8-20(27(37)31-22-16-21(29(2,3)4)17-23(26(22)41-5)33-44(6,39)40)15-24(19)36-18-25(32-34-36)43-28(38)30-9-10-35-11-13-42-14-12-35/h7-8,15-18,33H,9-14H2,1-6H3,(H,30,38)(H,31,37). The monoisotopic (exact) mass is 629 g/mol. The Hall–Kier alpha value is -4.21. The summed E-state index contributed by atoms with van der Waals surface area (Å²) in [5.74, 6) is -0.291. The minimum absolute atomic E-state index is 0.00207. The third-order valence-electron chi connectivity index (χ3n) is 6.89. The van der Waals surface area contributed by atoms with Crippen molar-refractivity contribution in [3.05, 3.63) is 53.2 Å². The molecule has 0 spiro atoms. The summed E-state index contributed by atoms with van der Waals surface area (Å²) >= 11 is 0. The Labute approximate surface area is 257 Å². The fraction of sp³-hybridized carbons (Fsp3) is 0.448. The molecule has 14 nitrogen and oxygen atoms in total. The first-order valence-corrected chi connectivity index (χ1v) is 15.9. The fourth-order valence-corrected chi connectivity index (χ4v) is 5.08. The van der Waals surface area contributed by atoms with Crippen LogP contribution in [0.5, 0.6) is 11.6 Å². The smallest absolute Gasteiger partial charge is 0.414 e. The van der Waals surface area contributed by atoms with Gasteiger partial charge in [0.25, 0.3) is 11.8 Å². The van der Waals surface area contributed by atoms with Crippen molar-refractivity contribution in [1.29, 1.82) is 0 Å². The van der Waals surface area contributed by atoms with Crippen molar-refractivity contribution in [1.82, 2.24) is 25.2 Å². The maximum Gasteiger partial charge on any atom is 0.414 e. The molecule has 2 aromatic carbocycles. The number of aryl methyl sites for hydroxylation is 1. The molecule has 0 radical (unpaired) electrons. The normalized spacial score (nSPS) is 14.1. The van der Waals surface area contributed by atoms with E-state index in [1.165, 1.54) is 18.0 Å². The summed E-state index contributed by atoms with van der Waals surface area (Å²) < 4.78 is 44.1. The zero-order chi connectivity index (χ0) is 32.1. The highest BCUT2D eigenvalue weighted by Crippen LogP contribution is 2.39. The quantitative estimate of drug-likeness (QED) is 0.304. The Balaban J connectivity index is 1.50. The van der Waals surface area contributed by atoms with Gasteiger partial charge in [0.15, 0.2) is 5.75 Å². The van der Waals surface area contributed by atoms with Gasteiger partial charge in [-0.1, -0.05) is 37.1 Å². The molecule has 0 unspecified atom stereocenters. The van der Waals surface area contributed by atoms with Crippen LogP contribution in [0.4, 0.5) is 16.2 Å². The number of hydrogen-bond donors (Lipinski definition) is 3. The summed E-state index contributed by atoms with van der Waals surface area (Å²) in [5, 5.41) is 13.6. The van der Waals surface area contributed by atoms with E-state index in [9.17, 15) is 18.0 Å². The maximum absolute atomic E-state index is 13.5. The molecular weight excluding hydrogens is 590 g/mol. The number of sulfonamides is 1. The Morgan fingerprint density at radius 1 is 1.09 bits per heavy atom. The zero-order valence-corrected chi connectivity index (χ0v) is 26.6. The van der Waals surface area contributed by atoms with Gasteiger partial charge in [-0.2, -0.15) is 0 Å². The third-order valence-corrected chi connectivity index (χ3v) is 7.48. The highest BCUT2D eigenvalue weighted by molar-refractivity contribution is 7.92. The van der Waals surface area contributed by atoms with Crippen molar-refractivity contribution in [3.63, 3.8) is 0 Å². The first-order valence-electron chi connectivity index (χ1n) is 14.0. The number of nitrogens with one attached hydrogen (secondary N) is 3. The van der Waals surface area contributed by atoms with E-state index in [1.807, 2.05) is 27.7 Å². The molecule has 44 heavy (non-hydrogen) atoms. The van der Waals surface area contributed by atoms with Crippen LogP contribution in [-0.4, -0.2) is 93.1 Å². The predicted octanol–water partition coefficient (Wildman–Crippen LogP) is 2.93. The molecule has 0 aliphatic carbocycles. The van der Waals surface area contributed by atoms with Crippen molar-refractivity contribution in [3.8, 4) is 17.3 Å². The number of benzene rings is 2. The molecule has 1 saturated heterocycles. The van der Waals surface area contributed by atoms with Gasteiger partial charge in [-0.05, 0) is 47.7 Å². The van der Waals surface area contributed by atoms with Crippen LogP contribution in [0, 0.1) is 6.92 Å². The van der Waals surface area contributed by atoms with Crippen LogP contribution in [0.1, 0.15) is 42.3 Å². The SMILES string of the molecule is COc1c(NC(=O)c2ccc(C)c(-n3cc(OC(=O)NCCN4CCOCC4)nn3)c2)cc(C(C)(C)C)cc1NS(C)(=O)=O. The van der Waals surface area contributed by atoms with Crippen molar-refractivity contribution in [2.45, 2.75) is 33.1 Å². The van der Waals surface area contributed by atoms with E-state index in [0.717, 1.165) is 30.5 Å². The number of anilines is 2. The summed E-state index contributed by atoms with van der Waals surface area (Å²) in [6.45, 7) is 11.9. The average Bonchev–Trinajstić information content (AvgIpc) is 3.40. The van der Waals surface area contributed by atoms with E-state index in [-0.39, 0.29) is 22.7 Å². The summed E-state index contributed by atoms with van der Waals surface area (Å²) in [4.78, 5) is 27.9. The van der Waals surface area contributed by atoms with Gasteiger partial charge in [-0.25, -0.2) is 17.9 Å². The van der Waals surface area contributed by atoms with Gasteiger partial charge in [-0.15, -0.1) is 0 Å². The van der Waals surface area contributed by atoms with Gasteiger partial charge in [0.05, 0.1) is 49.8 Å². The van der Waals surface area contributed by atoms with Crippen molar-refractivity contribution >= 4 is 33.4 Å². The number of carbonyl (C=O) groups excluding carboxylic acids is 2. The predicted molar refractivity (Wildman–Crippen MR) is 165 cm³/mol. The molecule has 0 bridgehead atoms. The van der Waals surface area contributed by atoms with Gasteiger partial charge < -0.3 is 24.8 Å². The van der Waals surface area contributed by atoms with Crippen LogP contribution >= 0.6 is 0 Å². The molecule has 0 saturated carbocycles. The van der Waals surface area contributed by atoms with Gasteiger partial charge >= 0.3 is 6.09 Å². The summed E-state index contributed by atoms with van der Waals surface area (Å²) in [6, 6.07) is 8.48. The third kappa shape index (κ3) is 8.67. The van der Waals surface area contributed by atoms with E-state index in [0.29, 0.717) is 43.2 Å². The number of carbonyl (C=O) groups is 2. The average molecular weight is 630 g/mol. The number of nitrogens with zero attached hydrogens (tertiary/aromatic N) is 4. The van der Waals surface area contributed by atoms with Crippen LogP contribution in [0.25, 0.3) is 5.69 Å². The molecule has 2 amide bonds. The second-order valence-electron chi connectivity index (χ2n) is 11.5. The molecule has 238 valence electrons. The molecule has 1 aliphatic heterocycles. The number of aromatic nitrogens is 3. The van der Waals surface area contributed by atoms with Crippen LogP contribution in [0.2, 0.25) is 0 Å². The molecule has 3 N–H and O–H groups in total.